The van der Waals surface area contributed by atoms with Gasteiger partial charge in [-0.3, -0.25) is 0 Å². The van der Waals surface area contributed by atoms with Crippen LogP contribution >= 0.6 is 0 Å². The van der Waals surface area contributed by atoms with Gasteiger partial charge in [0.15, 0.2) is 0 Å². The Balaban J connectivity index is 2.27. The summed E-state index contributed by atoms with van der Waals surface area (Å²) in [6.07, 6.45) is 0. The summed E-state index contributed by atoms with van der Waals surface area (Å²) in [6, 6.07) is 1.24. The molecule has 1 aromatic carbocycles. The van der Waals surface area contributed by atoms with E-state index in [1.54, 1.807) is 11.3 Å². The third-order valence-electron chi connectivity index (χ3n) is 5.62. The minimum Gasteiger partial charge on any atom is -0.362 e. The highest BCUT2D eigenvalue weighted by Gasteiger charge is 2.42. The lowest BCUT2D eigenvalue weighted by molar-refractivity contribution is 0.402. The molecule has 2 heterocycles. The minimum atomic E-state index is 0.600. The fraction of sp³-hybridized carbons (Fsp3) is 0.647. The number of benzene rings is 1. The van der Waals surface area contributed by atoms with E-state index in [4.69, 9.17) is 0 Å². The number of nitrogens with one attached hydrogen (secondary N) is 1. The van der Waals surface area contributed by atoms with Crippen molar-refractivity contribution in [3.05, 3.63) is 27.8 Å². The van der Waals surface area contributed by atoms with E-state index >= 15 is 0 Å². The van der Waals surface area contributed by atoms with Gasteiger partial charge >= 0.3 is 0 Å². The van der Waals surface area contributed by atoms with Crippen LogP contribution in [0, 0.1) is 27.7 Å². The molecule has 3 rings (SSSR count). The molecule has 3 unspecified atom stereocenters. The molecular weight excluding hydrogens is 232 g/mol. The highest BCUT2D eigenvalue weighted by molar-refractivity contribution is 5.72. The first-order valence-electron chi connectivity index (χ1n) is 7.54. The lowest BCUT2D eigenvalue weighted by atomic mass is 9.87. The van der Waals surface area contributed by atoms with Gasteiger partial charge in [0.2, 0.25) is 0 Å². The highest BCUT2D eigenvalue weighted by atomic mass is 15.3. The topological polar surface area (TPSA) is 15.3 Å². The monoisotopic (exact) mass is 258 g/mol. The molecule has 104 valence electrons. The standard InChI is InChI=1S/C17H26N2/c1-9-7-18-8-15-14(6)16-12(4)10(2)11(3)13(5)17(16)19(9)15/h9,14-15,18H,7-8H2,1-6H3. The van der Waals surface area contributed by atoms with Crippen LogP contribution in [0.5, 0.6) is 0 Å². The van der Waals surface area contributed by atoms with Gasteiger partial charge in [0.05, 0.1) is 0 Å². The van der Waals surface area contributed by atoms with Crippen molar-refractivity contribution < 1.29 is 0 Å². The molecule has 3 atom stereocenters. The van der Waals surface area contributed by atoms with Gasteiger partial charge in [-0.1, -0.05) is 6.92 Å². The zero-order valence-corrected chi connectivity index (χ0v) is 13.1. The molecule has 0 aliphatic carbocycles. The number of hydrogen-bond donors (Lipinski definition) is 1. The van der Waals surface area contributed by atoms with Crippen LogP contribution in [0.2, 0.25) is 0 Å². The van der Waals surface area contributed by atoms with Crippen LogP contribution in [0.1, 0.15) is 47.6 Å². The lowest BCUT2D eigenvalue weighted by Gasteiger charge is -2.40. The Hall–Kier alpha value is -1.02. The third-order valence-corrected chi connectivity index (χ3v) is 5.62. The van der Waals surface area contributed by atoms with E-state index in [9.17, 15) is 0 Å². The Bertz CT molecular complexity index is 533. The number of piperazine rings is 1. The molecule has 1 aromatic rings. The summed E-state index contributed by atoms with van der Waals surface area (Å²) in [6.45, 7) is 16.2. The summed E-state index contributed by atoms with van der Waals surface area (Å²) < 4.78 is 0. The van der Waals surface area contributed by atoms with E-state index in [-0.39, 0.29) is 0 Å². The molecule has 2 nitrogen and oxygen atoms in total. The van der Waals surface area contributed by atoms with E-state index in [1.165, 1.54) is 22.3 Å². The molecule has 2 heteroatoms. The normalized spacial score (nSPS) is 29.4. The van der Waals surface area contributed by atoms with Crippen molar-refractivity contribution in [2.24, 2.45) is 0 Å². The summed E-state index contributed by atoms with van der Waals surface area (Å²) in [4.78, 5) is 2.70. The molecule has 0 spiro atoms. The molecule has 0 radical (unpaired) electrons. The maximum atomic E-state index is 3.60. The summed E-state index contributed by atoms with van der Waals surface area (Å²) >= 11 is 0. The first-order chi connectivity index (χ1) is 8.95. The smallest absolute Gasteiger partial charge is 0.0485 e. The van der Waals surface area contributed by atoms with Gasteiger partial charge < -0.3 is 10.2 Å². The fourth-order valence-electron chi connectivity index (χ4n) is 4.17. The number of hydrogen-bond acceptors (Lipinski definition) is 2. The Kier molecular flexibility index (Phi) is 2.90. The van der Waals surface area contributed by atoms with Crippen LogP contribution in [-0.2, 0) is 0 Å². The van der Waals surface area contributed by atoms with Crippen molar-refractivity contribution in [1.82, 2.24) is 5.32 Å². The average Bonchev–Trinajstić information content (AvgIpc) is 2.69. The van der Waals surface area contributed by atoms with Gasteiger partial charge in [0, 0.05) is 36.8 Å². The second-order valence-corrected chi connectivity index (χ2v) is 6.53. The zero-order valence-electron chi connectivity index (χ0n) is 13.1. The molecule has 2 aliphatic heterocycles. The first kappa shape index (κ1) is 13.0. The van der Waals surface area contributed by atoms with Crippen molar-refractivity contribution in [1.29, 1.82) is 0 Å². The maximum absolute atomic E-state index is 3.60. The number of nitrogens with zero attached hydrogens (tertiary/aromatic N) is 1. The van der Waals surface area contributed by atoms with Gasteiger partial charge in [0.25, 0.3) is 0 Å². The molecular formula is C17H26N2. The van der Waals surface area contributed by atoms with Crippen molar-refractivity contribution in [3.8, 4) is 0 Å². The van der Waals surface area contributed by atoms with Crippen molar-refractivity contribution in [2.75, 3.05) is 18.0 Å². The van der Waals surface area contributed by atoms with Gasteiger partial charge in [-0.2, -0.15) is 0 Å². The minimum absolute atomic E-state index is 0.600. The van der Waals surface area contributed by atoms with Gasteiger partial charge in [-0.25, -0.2) is 0 Å². The predicted octanol–water partition coefficient (Wildman–Crippen LogP) is 3.20. The van der Waals surface area contributed by atoms with Gasteiger partial charge in [-0.15, -0.1) is 0 Å². The largest absolute Gasteiger partial charge is 0.362 e. The van der Waals surface area contributed by atoms with Crippen LogP contribution in [0.15, 0.2) is 0 Å². The molecule has 1 fully saturated rings. The summed E-state index contributed by atoms with van der Waals surface area (Å²) in [5.74, 6) is 0.642. The second kappa shape index (κ2) is 4.24. The predicted molar refractivity (Wildman–Crippen MR) is 82.4 cm³/mol. The third kappa shape index (κ3) is 1.59. The Morgan fingerprint density at radius 3 is 2.21 bits per heavy atom. The van der Waals surface area contributed by atoms with E-state index in [2.05, 4.69) is 51.8 Å². The van der Waals surface area contributed by atoms with E-state index in [0.29, 0.717) is 18.0 Å². The Labute approximate surface area is 117 Å². The highest BCUT2D eigenvalue weighted by Crippen LogP contribution is 2.48. The van der Waals surface area contributed by atoms with E-state index < -0.39 is 0 Å². The maximum Gasteiger partial charge on any atom is 0.0485 e. The fourth-order valence-corrected chi connectivity index (χ4v) is 4.17. The van der Waals surface area contributed by atoms with Gasteiger partial charge in [0.1, 0.15) is 0 Å². The summed E-state index contributed by atoms with van der Waals surface area (Å²) in [5.41, 5.74) is 9.15. The Morgan fingerprint density at radius 1 is 0.895 bits per heavy atom. The summed E-state index contributed by atoms with van der Waals surface area (Å²) in [7, 11) is 0. The van der Waals surface area contributed by atoms with Crippen LogP contribution in [0.4, 0.5) is 5.69 Å². The Morgan fingerprint density at radius 2 is 1.53 bits per heavy atom. The molecule has 0 saturated carbocycles. The van der Waals surface area contributed by atoms with Crippen LogP contribution in [0.25, 0.3) is 0 Å². The van der Waals surface area contributed by atoms with Crippen molar-refractivity contribution >= 4 is 5.69 Å². The number of anilines is 1. The van der Waals surface area contributed by atoms with Crippen LogP contribution in [-0.4, -0.2) is 25.2 Å². The molecule has 19 heavy (non-hydrogen) atoms. The van der Waals surface area contributed by atoms with E-state index in [1.807, 2.05) is 0 Å². The molecule has 0 aromatic heterocycles. The molecule has 1 N–H and O–H groups in total. The first-order valence-corrected chi connectivity index (χ1v) is 7.54. The SMILES string of the molecule is Cc1c(C)c(C)c2c(c1C)C(C)C1CNCC(C)N21. The molecule has 2 aliphatic rings. The average molecular weight is 258 g/mol. The van der Waals surface area contributed by atoms with Crippen LogP contribution in [0.3, 0.4) is 0 Å². The second-order valence-electron chi connectivity index (χ2n) is 6.53. The van der Waals surface area contributed by atoms with Crippen molar-refractivity contribution in [3.63, 3.8) is 0 Å². The number of fused-ring (bicyclic) bond motifs is 3. The van der Waals surface area contributed by atoms with Crippen molar-refractivity contribution in [2.45, 2.75) is 59.5 Å². The molecule has 1 saturated heterocycles. The van der Waals surface area contributed by atoms with E-state index in [0.717, 1.165) is 13.1 Å². The summed E-state index contributed by atoms with van der Waals surface area (Å²) in [5, 5.41) is 3.60. The van der Waals surface area contributed by atoms with Gasteiger partial charge in [-0.05, 0) is 62.4 Å². The number of rotatable bonds is 0. The zero-order chi connectivity index (χ0) is 13.9. The van der Waals surface area contributed by atoms with Crippen LogP contribution < -0.4 is 10.2 Å². The quantitative estimate of drug-likeness (QED) is 0.769. The molecule has 0 bridgehead atoms. The lowest BCUT2D eigenvalue weighted by Crippen LogP contribution is -2.55. The molecule has 0 amide bonds.